The van der Waals surface area contributed by atoms with Crippen molar-refractivity contribution in [3.63, 3.8) is 0 Å². The molecule has 1 rings (SSSR count). The first-order chi connectivity index (χ1) is 8.71. The van der Waals surface area contributed by atoms with Crippen LogP contribution in [0.5, 0.6) is 0 Å². The Kier molecular flexibility index (Phi) is 8.12. The van der Waals surface area contributed by atoms with E-state index in [4.69, 9.17) is 5.73 Å². The van der Waals surface area contributed by atoms with Gasteiger partial charge in [-0.15, -0.1) is 12.4 Å². The molecule has 0 saturated carbocycles. The van der Waals surface area contributed by atoms with Crippen molar-refractivity contribution < 1.29 is 4.79 Å². The number of hydrogen-bond acceptors (Lipinski definition) is 2. The Balaban J connectivity index is 0.00000361. The van der Waals surface area contributed by atoms with Gasteiger partial charge in [0, 0.05) is 13.1 Å². The van der Waals surface area contributed by atoms with Gasteiger partial charge in [0.05, 0.1) is 6.04 Å². The largest absolute Gasteiger partial charge is 0.341 e. The summed E-state index contributed by atoms with van der Waals surface area (Å²) in [4.78, 5) is 14.3. The molecule has 3 nitrogen and oxygen atoms in total. The molecule has 1 unspecified atom stereocenters. The number of halogens is 1. The van der Waals surface area contributed by atoms with Crippen molar-refractivity contribution in [1.29, 1.82) is 0 Å². The first-order valence-corrected chi connectivity index (χ1v) is 7.76. The predicted molar refractivity (Wildman–Crippen MR) is 88.1 cm³/mol. The summed E-state index contributed by atoms with van der Waals surface area (Å²) in [5.41, 5.74) is 6.38. The van der Waals surface area contributed by atoms with Crippen LogP contribution in [0.3, 0.4) is 0 Å². The molecule has 1 fully saturated rings. The Morgan fingerprint density at radius 1 is 1.25 bits per heavy atom. The smallest absolute Gasteiger partial charge is 0.239 e. The highest BCUT2D eigenvalue weighted by Crippen LogP contribution is 2.34. The zero-order valence-electron chi connectivity index (χ0n) is 13.8. The van der Waals surface area contributed by atoms with E-state index in [9.17, 15) is 4.79 Å². The van der Waals surface area contributed by atoms with Crippen LogP contribution in [-0.2, 0) is 4.79 Å². The van der Waals surface area contributed by atoms with Crippen LogP contribution in [0.4, 0.5) is 0 Å². The summed E-state index contributed by atoms with van der Waals surface area (Å²) >= 11 is 0. The molecule has 1 aliphatic heterocycles. The lowest BCUT2D eigenvalue weighted by Gasteiger charge is -2.30. The molecule has 1 saturated heterocycles. The molecular formula is C16H33ClN2O. The summed E-state index contributed by atoms with van der Waals surface area (Å²) in [7, 11) is 0. The topological polar surface area (TPSA) is 46.3 Å². The first-order valence-electron chi connectivity index (χ1n) is 7.76. The number of likely N-dealkylation sites (tertiary alicyclic amines) is 1. The van der Waals surface area contributed by atoms with E-state index in [1.807, 2.05) is 4.90 Å². The number of hydrogen-bond donors (Lipinski definition) is 1. The Bertz CT molecular complexity index is 299. The van der Waals surface area contributed by atoms with E-state index in [0.29, 0.717) is 17.3 Å². The van der Waals surface area contributed by atoms with Gasteiger partial charge in [0.2, 0.25) is 5.91 Å². The van der Waals surface area contributed by atoms with Crippen LogP contribution >= 0.6 is 12.4 Å². The number of nitrogens with two attached hydrogens (primary N) is 1. The molecule has 2 atom stereocenters. The van der Waals surface area contributed by atoms with Gasteiger partial charge in [-0.2, -0.15) is 0 Å². The van der Waals surface area contributed by atoms with Crippen LogP contribution in [0, 0.1) is 17.3 Å². The first kappa shape index (κ1) is 19.7. The molecule has 20 heavy (non-hydrogen) atoms. The predicted octanol–water partition coefficient (Wildman–Crippen LogP) is 3.46. The molecule has 0 bridgehead atoms. The van der Waals surface area contributed by atoms with Gasteiger partial charge in [-0.1, -0.05) is 34.6 Å². The highest BCUT2D eigenvalue weighted by molar-refractivity contribution is 5.85. The number of amides is 1. The zero-order chi connectivity index (χ0) is 14.6. The Hall–Kier alpha value is -0.280. The van der Waals surface area contributed by atoms with Gasteiger partial charge in [0.1, 0.15) is 0 Å². The minimum atomic E-state index is -0.314. The Labute approximate surface area is 131 Å². The van der Waals surface area contributed by atoms with Gasteiger partial charge < -0.3 is 10.6 Å². The van der Waals surface area contributed by atoms with Crippen LogP contribution in [0.25, 0.3) is 0 Å². The summed E-state index contributed by atoms with van der Waals surface area (Å²) in [5, 5.41) is 0. The lowest BCUT2D eigenvalue weighted by molar-refractivity contribution is -0.133. The minimum absolute atomic E-state index is 0. The Morgan fingerprint density at radius 2 is 1.85 bits per heavy atom. The van der Waals surface area contributed by atoms with E-state index in [1.54, 1.807) is 0 Å². The van der Waals surface area contributed by atoms with E-state index in [2.05, 4.69) is 34.6 Å². The Morgan fingerprint density at radius 3 is 2.35 bits per heavy atom. The third kappa shape index (κ3) is 6.01. The van der Waals surface area contributed by atoms with Crippen LogP contribution in [0.1, 0.15) is 60.3 Å². The molecule has 0 aromatic rings. The van der Waals surface area contributed by atoms with Gasteiger partial charge in [0.25, 0.3) is 0 Å². The summed E-state index contributed by atoms with van der Waals surface area (Å²) in [6.07, 6.45) is 4.25. The quantitative estimate of drug-likeness (QED) is 0.868. The van der Waals surface area contributed by atoms with Gasteiger partial charge >= 0.3 is 0 Å². The van der Waals surface area contributed by atoms with Gasteiger partial charge in [-0.3, -0.25) is 4.79 Å². The second-order valence-corrected chi connectivity index (χ2v) is 7.56. The second kappa shape index (κ2) is 8.23. The minimum Gasteiger partial charge on any atom is -0.341 e. The van der Waals surface area contributed by atoms with Crippen molar-refractivity contribution in [3.05, 3.63) is 0 Å². The SMILES string of the molecule is CC(C)C[C@H](N)C(=O)N1CCCC(C(C)(C)C)CC1.Cl. The van der Waals surface area contributed by atoms with Crippen molar-refractivity contribution in [2.75, 3.05) is 13.1 Å². The summed E-state index contributed by atoms with van der Waals surface area (Å²) in [5.74, 6) is 1.35. The van der Waals surface area contributed by atoms with Crippen LogP contribution in [0.2, 0.25) is 0 Å². The van der Waals surface area contributed by atoms with E-state index in [-0.39, 0.29) is 24.4 Å². The monoisotopic (exact) mass is 304 g/mol. The number of carbonyl (C=O) groups excluding carboxylic acids is 1. The van der Waals surface area contributed by atoms with E-state index in [0.717, 1.165) is 32.4 Å². The van der Waals surface area contributed by atoms with E-state index < -0.39 is 0 Å². The van der Waals surface area contributed by atoms with Gasteiger partial charge in [-0.05, 0) is 42.9 Å². The highest BCUT2D eigenvalue weighted by atomic mass is 35.5. The van der Waals surface area contributed by atoms with Crippen molar-refractivity contribution in [2.24, 2.45) is 23.0 Å². The summed E-state index contributed by atoms with van der Waals surface area (Å²) in [6.45, 7) is 12.9. The number of nitrogens with zero attached hydrogens (tertiary/aromatic N) is 1. The molecule has 1 aliphatic rings. The number of rotatable bonds is 3. The lowest BCUT2D eigenvalue weighted by Crippen LogP contribution is -2.44. The molecular weight excluding hydrogens is 272 g/mol. The van der Waals surface area contributed by atoms with Crippen LogP contribution < -0.4 is 5.73 Å². The van der Waals surface area contributed by atoms with Crippen molar-refractivity contribution in [2.45, 2.75) is 66.3 Å². The molecule has 0 aromatic heterocycles. The second-order valence-electron chi connectivity index (χ2n) is 7.56. The summed E-state index contributed by atoms with van der Waals surface area (Å²) < 4.78 is 0. The standard InChI is InChI=1S/C16H32N2O.ClH/c1-12(2)11-14(17)15(19)18-9-6-7-13(8-10-18)16(3,4)5;/h12-14H,6-11,17H2,1-5H3;1H/t13?,14-;/m0./s1. The average Bonchev–Trinajstić information content (AvgIpc) is 2.51. The van der Waals surface area contributed by atoms with E-state index >= 15 is 0 Å². The van der Waals surface area contributed by atoms with Gasteiger partial charge in [-0.25, -0.2) is 0 Å². The fourth-order valence-electron chi connectivity index (χ4n) is 3.03. The fourth-order valence-corrected chi connectivity index (χ4v) is 3.03. The molecule has 2 N–H and O–H groups in total. The zero-order valence-corrected chi connectivity index (χ0v) is 14.6. The van der Waals surface area contributed by atoms with Crippen LogP contribution in [-0.4, -0.2) is 29.9 Å². The fraction of sp³-hybridized carbons (Fsp3) is 0.938. The van der Waals surface area contributed by atoms with Crippen molar-refractivity contribution in [1.82, 2.24) is 4.90 Å². The molecule has 0 spiro atoms. The third-order valence-corrected chi connectivity index (χ3v) is 4.31. The van der Waals surface area contributed by atoms with Crippen molar-refractivity contribution >= 4 is 18.3 Å². The normalized spacial score (nSPS) is 22.1. The average molecular weight is 305 g/mol. The number of carbonyl (C=O) groups is 1. The molecule has 1 amide bonds. The van der Waals surface area contributed by atoms with E-state index in [1.165, 1.54) is 6.42 Å². The molecule has 120 valence electrons. The van der Waals surface area contributed by atoms with Crippen LogP contribution in [0.15, 0.2) is 0 Å². The lowest BCUT2D eigenvalue weighted by atomic mass is 9.77. The molecule has 0 aliphatic carbocycles. The maximum Gasteiger partial charge on any atom is 0.239 e. The third-order valence-electron chi connectivity index (χ3n) is 4.31. The van der Waals surface area contributed by atoms with Gasteiger partial charge in [0.15, 0.2) is 0 Å². The molecule has 0 aromatic carbocycles. The summed E-state index contributed by atoms with van der Waals surface area (Å²) in [6, 6.07) is -0.314. The highest BCUT2D eigenvalue weighted by Gasteiger charge is 2.29. The molecule has 0 radical (unpaired) electrons. The van der Waals surface area contributed by atoms with Crippen molar-refractivity contribution in [3.8, 4) is 0 Å². The molecule has 1 heterocycles. The maximum atomic E-state index is 12.3. The molecule has 4 heteroatoms. The maximum absolute atomic E-state index is 12.3.